The van der Waals surface area contributed by atoms with E-state index in [1.165, 1.54) is 6.20 Å². The van der Waals surface area contributed by atoms with Crippen molar-refractivity contribution in [3.05, 3.63) is 39.2 Å². The maximum absolute atomic E-state index is 11.6. The van der Waals surface area contributed by atoms with Crippen LogP contribution in [0.15, 0.2) is 33.7 Å². The third-order valence-corrected chi connectivity index (χ3v) is 3.34. The second-order valence-corrected chi connectivity index (χ2v) is 4.98. The molecule has 0 spiro atoms. The molecule has 2 heterocycles. The molecule has 0 aliphatic carbocycles. The lowest BCUT2D eigenvalue weighted by Crippen LogP contribution is -2.08. The summed E-state index contributed by atoms with van der Waals surface area (Å²) in [5.41, 5.74) is 0.575. The summed E-state index contributed by atoms with van der Waals surface area (Å²) in [5, 5.41) is 0. The van der Waals surface area contributed by atoms with Crippen LogP contribution in [0.25, 0.3) is 11.4 Å². The number of aromatic nitrogens is 2. The number of halogens is 1. The van der Waals surface area contributed by atoms with E-state index in [-0.39, 0.29) is 5.56 Å². The largest absolute Gasteiger partial charge is 0.490 e. The quantitative estimate of drug-likeness (QED) is 0.875. The van der Waals surface area contributed by atoms with Gasteiger partial charge in [0, 0.05) is 18.2 Å². The van der Waals surface area contributed by atoms with Crippen molar-refractivity contribution in [1.29, 1.82) is 0 Å². The maximum Gasteiger partial charge on any atom is 0.265 e. The average molecular weight is 323 g/mol. The number of nitrogens with zero attached hydrogens (tertiary/aromatic N) is 1. The van der Waals surface area contributed by atoms with Crippen molar-refractivity contribution >= 4 is 15.9 Å². The normalized spacial score (nSPS) is 13.9. The van der Waals surface area contributed by atoms with Gasteiger partial charge >= 0.3 is 0 Å². The van der Waals surface area contributed by atoms with Crippen LogP contribution >= 0.6 is 15.9 Å². The highest BCUT2D eigenvalue weighted by molar-refractivity contribution is 9.10. The van der Waals surface area contributed by atoms with E-state index in [2.05, 4.69) is 25.9 Å². The highest BCUT2D eigenvalue weighted by Gasteiger charge is 2.12. The van der Waals surface area contributed by atoms with Crippen LogP contribution in [0.2, 0.25) is 0 Å². The van der Waals surface area contributed by atoms with Crippen LogP contribution in [0.1, 0.15) is 6.42 Å². The van der Waals surface area contributed by atoms with Gasteiger partial charge in [-0.1, -0.05) is 0 Å². The minimum absolute atomic E-state index is 0.211. The Morgan fingerprint density at radius 2 is 2.00 bits per heavy atom. The number of aromatic amines is 1. The molecule has 5 nitrogen and oxygen atoms in total. The maximum atomic E-state index is 11.6. The summed E-state index contributed by atoms with van der Waals surface area (Å²) in [6, 6.07) is 5.50. The molecule has 1 aliphatic heterocycles. The second kappa shape index (κ2) is 5.05. The molecular weight excluding hydrogens is 312 g/mol. The summed E-state index contributed by atoms with van der Waals surface area (Å²) in [4.78, 5) is 18.4. The van der Waals surface area contributed by atoms with Gasteiger partial charge in [0.2, 0.25) is 0 Å². The molecule has 0 saturated carbocycles. The predicted molar refractivity (Wildman–Crippen MR) is 73.6 cm³/mol. The van der Waals surface area contributed by atoms with Crippen LogP contribution < -0.4 is 15.0 Å². The van der Waals surface area contributed by atoms with Gasteiger partial charge in [-0.3, -0.25) is 4.79 Å². The topological polar surface area (TPSA) is 64.2 Å². The Hall–Kier alpha value is -1.82. The molecule has 6 heteroatoms. The number of hydrogen-bond acceptors (Lipinski definition) is 4. The summed E-state index contributed by atoms with van der Waals surface area (Å²) in [7, 11) is 0. The number of hydrogen-bond donors (Lipinski definition) is 1. The van der Waals surface area contributed by atoms with Crippen LogP contribution in [0.5, 0.6) is 11.5 Å². The molecule has 19 heavy (non-hydrogen) atoms. The Bertz CT molecular complexity index is 669. The summed E-state index contributed by atoms with van der Waals surface area (Å²) in [5.74, 6) is 1.91. The van der Waals surface area contributed by atoms with Gasteiger partial charge < -0.3 is 14.5 Å². The van der Waals surface area contributed by atoms with E-state index >= 15 is 0 Å². The highest BCUT2D eigenvalue weighted by atomic mass is 79.9. The number of ether oxygens (including phenoxy) is 2. The van der Waals surface area contributed by atoms with Crippen molar-refractivity contribution in [1.82, 2.24) is 9.97 Å². The van der Waals surface area contributed by atoms with E-state index in [9.17, 15) is 4.79 Å². The molecule has 1 aromatic heterocycles. The van der Waals surface area contributed by atoms with Gasteiger partial charge in [0.1, 0.15) is 10.3 Å². The summed E-state index contributed by atoms with van der Waals surface area (Å²) >= 11 is 3.12. The van der Waals surface area contributed by atoms with Gasteiger partial charge in [0.15, 0.2) is 11.5 Å². The lowest BCUT2D eigenvalue weighted by molar-refractivity contribution is 0.297. The van der Waals surface area contributed by atoms with Crippen molar-refractivity contribution in [2.24, 2.45) is 0 Å². The van der Waals surface area contributed by atoms with Gasteiger partial charge in [0.25, 0.3) is 5.56 Å². The fourth-order valence-electron chi connectivity index (χ4n) is 1.84. The SMILES string of the molecule is O=c1[nH]c(-c2ccc3c(c2)OCCCO3)ncc1Br. The van der Waals surface area contributed by atoms with Crippen LogP contribution in [0.3, 0.4) is 0 Å². The zero-order valence-corrected chi connectivity index (χ0v) is 11.6. The number of rotatable bonds is 1. The molecule has 1 N–H and O–H groups in total. The standard InChI is InChI=1S/C13H11BrN2O3/c14-9-7-15-12(16-13(9)17)8-2-3-10-11(6-8)19-5-1-4-18-10/h2-3,6-7H,1,4-5H2,(H,15,16,17). The molecule has 98 valence electrons. The third kappa shape index (κ3) is 2.49. The number of benzene rings is 1. The van der Waals surface area contributed by atoms with Gasteiger partial charge in [-0.25, -0.2) is 4.98 Å². The van der Waals surface area contributed by atoms with E-state index in [0.717, 1.165) is 17.7 Å². The zero-order valence-electron chi connectivity index (χ0n) is 9.98. The first kappa shape index (κ1) is 12.2. The number of fused-ring (bicyclic) bond motifs is 1. The Kier molecular flexibility index (Phi) is 3.25. The molecule has 3 rings (SSSR count). The van der Waals surface area contributed by atoms with Crippen LogP contribution in [0, 0.1) is 0 Å². The molecule has 1 aromatic carbocycles. The van der Waals surface area contributed by atoms with Crippen molar-refractivity contribution in [3.8, 4) is 22.9 Å². The first-order valence-electron chi connectivity index (χ1n) is 5.89. The Morgan fingerprint density at radius 1 is 1.21 bits per heavy atom. The van der Waals surface area contributed by atoms with Crippen LogP contribution in [0.4, 0.5) is 0 Å². The first-order valence-corrected chi connectivity index (χ1v) is 6.68. The van der Waals surface area contributed by atoms with Gasteiger partial charge in [0.05, 0.1) is 13.2 Å². The highest BCUT2D eigenvalue weighted by Crippen LogP contribution is 2.32. The fourth-order valence-corrected chi connectivity index (χ4v) is 2.04. The third-order valence-electron chi connectivity index (χ3n) is 2.78. The second-order valence-electron chi connectivity index (χ2n) is 4.12. The van der Waals surface area contributed by atoms with Crippen molar-refractivity contribution in [2.75, 3.05) is 13.2 Å². The van der Waals surface area contributed by atoms with Gasteiger partial charge in [-0.15, -0.1) is 0 Å². The molecule has 0 bridgehead atoms. The fraction of sp³-hybridized carbons (Fsp3) is 0.231. The number of H-pyrrole nitrogens is 1. The van der Waals surface area contributed by atoms with E-state index < -0.39 is 0 Å². The number of nitrogens with one attached hydrogen (secondary N) is 1. The minimum Gasteiger partial charge on any atom is -0.490 e. The summed E-state index contributed by atoms with van der Waals surface area (Å²) in [6.07, 6.45) is 2.34. The van der Waals surface area contributed by atoms with E-state index in [4.69, 9.17) is 9.47 Å². The molecule has 2 aromatic rings. The summed E-state index contributed by atoms with van der Waals surface area (Å²) < 4.78 is 11.6. The minimum atomic E-state index is -0.211. The molecule has 1 aliphatic rings. The summed E-state index contributed by atoms with van der Waals surface area (Å²) in [6.45, 7) is 1.28. The Balaban J connectivity index is 2.03. The van der Waals surface area contributed by atoms with Gasteiger partial charge in [-0.05, 0) is 34.1 Å². The lowest BCUT2D eigenvalue weighted by Gasteiger charge is -2.08. The molecule has 0 saturated heterocycles. The lowest BCUT2D eigenvalue weighted by atomic mass is 10.2. The Labute approximate surface area is 117 Å². The molecule has 0 unspecified atom stereocenters. The smallest absolute Gasteiger partial charge is 0.265 e. The van der Waals surface area contributed by atoms with Crippen molar-refractivity contribution in [2.45, 2.75) is 6.42 Å². The monoisotopic (exact) mass is 322 g/mol. The Morgan fingerprint density at radius 3 is 2.79 bits per heavy atom. The molecule has 0 atom stereocenters. The molecule has 0 radical (unpaired) electrons. The van der Waals surface area contributed by atoms with E-state index in [0.29, 0.717) is 29.3 Å². The molecular formula is C13H11BrN2O3. The van der Waals surface area contributed by atoms with Gasteiger partial charge in [-0.2, -0.15) is 0 Å². The zero-order chi connectivity index (χ0) is 13.2. The van der Waals surface area contributed by atoms with Crippen LogP contribution in [-0.2, 0) is 0 Å². The average Bonchev–Trinajstić information content (AvgIpc) is 2.66. The van der Waals surface area contributed by atoms with E-state index in [1.807, 2.05) is 18.2 Å². The first-order chi connectivity index (χ1) is 9.24. The van der Waals surface area contributed by atoms with E-state index in [1.54, 1.807) is 0 Å². The predicted octanol–water partition coefficient (Wildman–Crippen LogP) is 2.36. The van der Waals surface area contributed by atoms with Crippen LogP contribution in [-0.4, -0.2) is 23.2 Å². The molecule has 0 fully saturated rings. The molecule has 0 amide bonds. The van der Waals surface area contributed by atoms with Crippen molar-refractivity contribution in [3.63, 3.8) is 0 Å². The van der Waals surface area contributed by atoms with Crippen molar-refractivity contribution < 1.29 is 9.47 Å².